The minimum absolute atomic E-state index is 0.106. The Kier molecular flexibility index (Phi) is 71.6. The Morgan fingerprint density at radius 3 is 0.717 bits per heavy atom. The Balaban J connectivity index is 5.20. The second-order valence-electron chi connectivity index (χ2n) is 29.1. The molecular formula is C80H156O17P2. The average Bonchev–Trinajstić information content (AvgIpc) is 0.993. The van der Waals surface area contributed by atoms with E-state index in [1.807, 2.05) is 0 Å². The Bertz CT molecular complexity index is 1890. The topological polar surface area (TPSA) is 237 Å². The first kappa shape index (κ1) is 97.1. The molecule has 3 unspecified atom stereocenters. The van der Waals surface area contributed by atoms with Gasteiger partial charge in [0.15, 0.2) is 12.2 Å². The highest BCUT2D eigenvalue weighted by Crippen LogP contribution is 2.45. The third-order valence-electron chi connectivity index (χ3n) is 19.1. The van der Waals surface area contributed by atoms with Crippen molar-refractivity contribution in [2.75, 3.05) is 39.6 Å². The van der Waals surface area contributed by atoms with Gasteiger partial charge >= 0.3 is 39.5 Å². The molecule has 0 aliphatic carbocycles. The summed E-state index contributed by atoms with van der Waals surface area (Å²) in [5, 5.41) is 10.6. The summed E-state index contributed by atoms with van der Waals surface area (Å²) >= 11 is 0. The lowest BCUT2D eigenvalue weighted by Gasteiger charge is -2.21. The van der Waals surface area contributed by atoms with Gasteiger partial charge in [-0.25, -0.2) is 9.13 Å². The summed E-state index contributed by atoms with van der Waals surface area (Å²) in [6, 6.07) is 0. The molecular weight excluding hydrogens is 1290 g/mol. The van der Waals surface area contributed by atoms with Crippen molar-refractivity contribution in [3.63, 3.8) is 0 Å². The maximum Gasteiger partial charge on any atom is 0.472 e. The smallest absolute Gasteiger partial charge is 0.462 e. The van der Waals surface area contributed by atoms with E-state index in [-0.39, 0.29) is 25.7 Å². The summed E-state index contributed by atoms with van der Waals surface area (Å²) in [6.45, 7) is 7.27. The molecule has 0 aromatic heterocycles. The van der Waals surface area contributed by atoms with Crippen LogP contribution in [-0.4, -0.2) is 96.7 Å². The van der Waals surface area contributed by atoms with Gasteiger partial charge in [0.05, 0.1) is 26.4 Å². The molecule has 0 aliphatic rings. The molecule has 0 saturated carbocycles. The summed E-state index contributed by atoms with van der Waals surface area (Å²) in [5.41, 5.74) is 0. The van der Waals surface area contributed by atoms with Gasteiger partial charge in [0.25, 0.3) is 0 Å². The van der Waals surface area contributed by atoms with E-state index in [1.54, 1.807) is 0 Å². The van der Waals surface area contributed by atoms with Crippen molar-refractivity contribution in [3.05, 3.63) is 0 Å². The zero-order chi connectivity index (χ0) is 72.7. The summed E-state index contributed by atoms with van der Waals surface area (Å²) in [7, 11) is -9.91. The van der Waals surface area contributed by atoms with Crippen LogP contribution in [0, 0.1) is 5.92 Å². The largest absolute Gasteiger partial charge is 0.472 e. The van der Waals surface area contributed by atoms with Crippen LogP contribution in [0.5, 0.6) is 0 Å². The second-order valence-corrected chi connectivity index (χ2v) is 32.0. The first-order chi connectivity index (χ1) is 48.1. The number of hydrogen-bond donors (Lipinski definition) is 3. The van der Waals surface area contributed by atoms with Crippen LogP contribution >= 0.6 is 15.6 Å². The molecule has 99 heavy (non-hydrogen) atoms. The van der Waals surface area contributed by atoms with Crippen molar-refractivity contribution in [1.29, 1.82) is 0 Å². The lowest BCUT2D eigenvalue weighted by molar-refractivity contribution is -0.161. The molecule has 6 atom stereocenters. The number of esters is 4. The number of phosphoric acid groups is 2. The lowest BCUT2D eigenvalue weighted by Crippen LogP contribution is -2.30. The van der Waals surface area contributed by atoms with E-state index in [9.17, 15) is 43.2 Å². The molecule has 0 heterocycles. The van der Waals surface area contributed by atoms with Crippen LogP contribution in [0.1, 0.15) is 426 Å². The van der Waals surface area contributed by atoms with Gasteiger partial charge in [-0.2, -0.15) is 0 Å². The third-order valence-corrected chi connectivity index (χ3v) is 21.0. The summed E-state index contributed by atoms with van der Waals surface area (Å²) in [4.78, 5) is 72.9. The molecule has 0 fully saturated rings. The Labute approximate surface area is 607 Å². The van der Waals surface area contributed by atoms with Crippen LogP contribution in [0.3, 0.4) is 0 Å². The molecule has 0 rings (SSSR count). The van der Waals surface area contributed by atoms with E-state index < -0.39 is 97.5 Å². The number of unbranched alkanes of at least 4 members (excludes halogenated alkanes) is 51. The summed E-state index contributed by atoms with van der Waals surface area (Å²) < 4.78 is 68.6. The zero-order valence-corrected chi connectivity index (χ0v) is 66.4. The van der Waals surface area contributed by atoms with Gasteiger partial charge in [-0.15, -0.1) is 0 Å². The van der Waals surface area contributed by atoms with Crippen molar-refractivity contribution in [2.24, 2.45) is 5.92 Å². The third kappa shape index (κ3) is 72.8. The van der Waals surface area contributed by atoms with Gasteiger partial charge in [-0.1, -0.05) is 375 Å². The highest BCUT2D eigenvalue weighted by molar-refractivity contribution is 7.47. The van der Waals surface area contributed by atoms with Crippen molar-refractivity contribution in [2.45, 2.75) is 445 Å². The first-order valence-electron chi connectivity index (χ1n) is 41.7. The fourth-order valence-electron chi connectivity index (χ4n) is 12.4. The quantitative estimate of drug-likeness (QED) is 0.0222. The molecule has 19 heteroatoms. The fourth-order valence-corrected chi connectivity index (χ4v) is 14.0. The van der Waals surface area contributed by atoms with Crippen molar-refractivity contribution < 1.29 is 80.2 Å². The SMILES string of the molecule is CCCCCCCCCCCCCCCCCCCCCCCC(=O)O[C@H](COC(=O)CCCCCCCCCCCCCCCCCCC)COP(=O)(O)OC[C@@H](O)COP(=O)(O)OC[C@@H](COC(=O)CCCCCCCCC(C)CC)OC(=O)CCCCCCCCCCCCC. The second kappa shape index (κ2) is 73.0. The van der Waals surface area contributed by atoms with E-state index in [0.29, 0.717) is 25.7 Å². The highest BCUT2D eigenvalue weighted by atomic mass is 31.2. The maximum absolute atomic E-state index is 13.1. The minimum atomic E-state index is -4.96. The van der Waals surface area contributed by atoms with E-state index in [0.717, 1.165) is 102 Å². The first-order valence-corrected chi connectivity index (χ1v) is 44.7. The number of hydrogen-bond acceptors (Lipinski definition) is 15. The van der Waals surface area contributed by atoms with Crippen molar-refractivity contribution >= 4 is 39.5 Å². The van der Waals surface area contributed by atoms with Gasteiger partial charge < -0.3 is 33.8 Å². The predicted octanol–water partition coefficient (Wildman–Crippen LogP) is 24.0. The zero-order valence-electron chi connectivity index (χ0n) is 64.6. The van der Waals surface area contributed by atoms with Crippen LogP contribution in [0.15, 0.2) is 0 Å². The fraction of sp³-hybridized carbons (Fsp3) is 0.950. The van der Waals surface area contributed by atoms with Crippen molar-refractivity contribution in [1.82, 2.24) is 0 Å². The lowest BCUT2D eigenvalue weighted by atomic mass is 10.00. The summed E-state index contributed by atoms with van der Waals surface area (Å²) in [6.07, 6.45) is 64.0. The number of carbonyl (C=O) groups is 4. The van der Waals surface area contributed by atoms with Gasteiger partial charge in [-0.05, 0) is 31.6 Å². The van der Waals surface area contributed by atoms with Gasteiger partial charge in [-0.3, -0.25) is 37.3 Å². The van der Waals surface area contributed by atoms with E-state index in [1.165, 1.54) is 244 Å². The normalized spacial score (nSPS) is 14.1. The van der Waals surface area contributed by atoms with Gasteiger partial charge in [0.2, 0.25) is 0 Å². The number of aliphatic hydroxyl groups is 1. The molecule has 588 valence electrons. The minimum Gasteiger partial charge on any atom is -0.462 e. The van der Waals surface area contributed by atoms with E-state index in [4.69, 9.17) is 37.0 Å². The molecule has 17 nitrogen and oxygen atoms in total. The van der Waals surface area contributed by atoms with Crippen molar-refractivity contribution in [3.8, 4) is 0 Å². The average molecular weight is 1450 g/mol. The maximum atomic E-state index is 13.1. The van der Waals surface area contributed by atoms with Crippen LogP contribution in [-0.2, 0) is 65.4 Å². The van der Waals surface area contributed by atoms with Crippen LogP contribution in [0.2, 0.25) is 0 Å². The molecule has 0 radical (unpaired) electrons. The highest BCUT2D eigenvalue weighted by Gasteiger charge is 2.30. The van der Waals surface area contributed by atoms with E-state index in [2.05, 4.69) is 34.6 Å². The van der Waals surface area contributed by atoms with E-state index >= 15 is 0 Å². The standard InChI is InChI=1S/C80H156O17P2/c1-6-10-13-16-19-22-25-27-29-31-32-33-34-36-38-40-43-46-49-56-61-66-80(85)96-75(69-90-77(82)63-58-53-47-44-42-39-37-35-30-28-26-23-20-17-14-11-7-2)71-94-98(86,87)92-67-74(81)68-93-99(88,89)95-72-76(70-91-78(83)64-59-54-51-50-52-57-62-73(5)9-4)97-79(84)65-60-55-48-45-41-24-21-18-15-12-8-3/h73-76,81H,6-72H2,1-5H3,(H,86,87)(H,88,89)/t73?,74-,75-,76-/m1/s1. The monoisotopic (exact) mass is 1450 g/mol. The molecule has 3 N–H and O–H groups in total. The Morgan fingerprint density at radius 1 is 0.283 bits per heavy atom. The molecule has 0 spiro atoms. The van der Waals surface area contributed by atoms with Gasteiger partial charge in [0.1, 0.15) is 19.3 Å². The number of ether oxygens (including phenoxy) is 4. The molecule has 0 amide bonds. The Hall–Kier alpha value is -1.94. The van der Waals surface area contributed by atoms with Crippen LogP contribution < -0.4 is 0 Å². The molecule has 0 bridgehead atoms. The predicted molar refractivity (Wildman–Crippen MR) is 405 cm³/mol. The van der Waals surface area contributed by atoms with Crippen LogP contribution in [0.25, 0.3) is 0 Å². The number of carbonyl (C=O) groups excluding carboxylic acids is 4. The summed E-state index contributed by atoms with van der Waals surface area (Å²) in [5.74, 6) is -1.38. The molecule has 0 aromatic rings. The number of aliphatic hydroxyl groups excluding tert-OH is 1. The Morgan fingerprint density at radius 2 is 0.485 bits per heavy atom. The van der Waals surface area contributed by atoms with Crippen LogP contribution in [0.4, 0.5) is 0 Å². The molecule has 0 aromatic carbocycles. The number of rotatable bonds is 80. The van der Waals surface area contributed by atoms with Gasteiger partial charge in [0, 0.05) is 25.7 Å². The molecule has 0 saturated heterocycles. The molecule has 0 aliphatic heterocycles. The number of phosphoric ester groups is 2.